The van der Waals surface area contributed by atoms with Gasteiger partial charge in [0.2, 0.25) is 0 Å². The molecule has 3 nitrogen and oxygen atoms in total. The van der Waals surface area contributed by atoms with Gasteiger partial charge < -0.3 is 10.0 Å². The lowest BCUT2D eigenvalue weighted by Crippen LogP contribution is -2.32. The minimum absolute atomic E-state index is 0.0182. The number of phenols is 1. The maximum absolute atomic E-state index is 12.6. The van der Waals surface area contributed by atoms with Crippen molar-refractivity contribution in [3.63, 3.8) is 0 Å². The van der Waals surface area contributed by atoms with Crippen molar-refractivity contribution < 1.29 is 9.90 Å². The highest BCUT2D eigenvalue weighted by atomic mass is 35.5. The molecule has 1 aliphatic rings. The maximum atomic E-state index is 12.6. The van der Waals surface area contributed by atoms with Crippen LogP contribution >= 0.6 is 22.9 Å². The van der Waals surface area contributed by atoms with Gasteiger partial charge in [0.1, 0.15) is 5.75 Å². The predicted octanol–water partition coefficient (Wildman–Crippen LogP) is 3.91. The number of thiophene rings is 1. The summed E-state index contributed by atoms with van der Waals surface area (Å²) in [6.07, 6.45) is 2.05. The molecule has 3 rings (SSSR count). The summed E-state index contributed by atoms with van der Waals surface area (Å²) in [4.78, 5) is 14.5. The fourth-order valence-electron chi connectivity index (χ4n) is 2.17. The fourth-order valence-corrected chi connectivity index (χ4v) is 3.00. The summed E-state index contributed by atoms with van der Waals surface area (Å²) < 4.78 is 0. The van der Waals surface area contributed by atoms with E-state index in [2.05, 4.69) is 0 Å². The van der Waals surface area contributed by atoms with E-state index < -0.39 is 0 Å². The fraction of sp³-hybridized carbons (Fsp3) is 0.267. The SMILES string of the molecule is O=C(c1cc(Cl)ccc1O)N(Cc1ccsc1)C1CC1. The molecular weight excluding hydrogens is 294 g/mol. The Labute approximate surface area is 126 Å². The molecule has 1 aliphatic carbocycles. The first-order chi connectivity index (χ1) is 9.65. The van der Waals surface area contributed by atoms with Crippen LogP contribution in [0.1, 0.15) is 28.8 Å². The van der Waals surface area contributed by atoms with Crippen molar-refractivity contribution in [2.75, 3.05) is 0 Å². The van der Waals surface area contributed by atoms with Gasteiger partial charge in [0.05, 0.1) is 5.56 Å². The van der Waals surface area contributed by atoms with Gasteiger partial charge in [0, 0.05) is 17.6 Å². The molecule has 20 heavy (non-hydrogen) atoms. The molecule has 5 heteroatoms. The molecule has 1 amide bonds. The third-order valence-corrected chi connectivity index (χ3v) is 4.34. The number of amides is 1. The van der Waals surface area contributed by atoms with Gasteiger partial charge in [0.15, 0.2) is 0 Å². The van der Waals surface area contributed by atoms with Crippen LogP contribution in [0.3, 0.4) is 0 Å². The van der Waals surface area contributed by atoms with Gasteiger partial charge in [-0.15, -0.1) is 0 Å². The largest absolute Gasteiger partial charge is 0.507 e. The molecule has 0 atom stereocenters. The molecule has 1 heterocycles. The van der Waals surface area contributed by atoms with E-state index in [-0.39, 0.29) is 23.3 Å². The molecule has 0 aliphatic heterocycles. The van der Waals surface area contributed by atoms with Gasteiger partial charge in [-0.05, 0) is 53.4 Å². The number of halogens is 1. The Morgan fingerprint density at radius 1 is 1.40 bits per heavy atom. The van der Waals surface area contributed by atoms with Gasteiger partial charge in [-0.1, -0.05) is 11.6 Å². The second kappa shape index (κ2) is 5.46. The van der Waals surface area contributed by atoms with Crippen LogP contribution in [0.25, 0.3) is 0 Å². The van der Waals surface area contributed by atoms with Crippen LogP contribution in [0.2, 0.25) is 5.02 Å². The normalized spacial score (nSPS) is 14.2. The highest BCUT2D eigenvalue weighted by molar-refractivity contribution is 7.07. The molecule has 0 bridgehead atoms. The van der Waals surface area contributed by atoms with Crippen molar-refractivity contribution >= 4 is 28.8 Å². The Kier molecular flexibility index (Phi) is 3.68. The smallest absolute Gasteiger partial charge is 0.258 e. The van der Waals surface area contributed by atoms with Crippen LogP contribution in [0.15, 0.2) is 35.0 Å². The molecule has 104 valence electrons. The van der Waals surface area contributed by atoms with Gasteiger partial charge in [-0.3, -0.25) is 4.79 Å². The molecule has 1 aromatic heterocycles. The molecule has 0 spiro atoms. The zero-order valence-corrected chi connectivity index (χ0v) is 12.3. The van der Waals surface area contributed by atoms with Crippen molar-refractivity contribution in [3.8, 4) is 5.75 Å². The first-order valence-electron chi connectivity index (χ1n) is 6.45. The van der Waals surface area contributed by atoms with Crippen molar-refractivity contribution in [1.82, 2.24) is 4.90 Å². The van der Waals surface area contributed by atoms with E-state index >= 15 is 0 Å². The third kappa shape index (κ3) is 2.81. The van der Waals surface area contributed by atoms with Gasteiger partial charge in [-0.25, -0.2) is 0 Å². The third-order valence-electron chi connectivity index (χ3n) is 3.37. The summed E-state index contributed by atoms with van der Waals surface area (Å²) in [5.74, 6) is -0.172. The van der Waals surface area contributed by atoms with Gasteiger partial charge in [0.25, 0.3) is 5.91 Å². The second-order valence-electron chi connectivity index (χ2n) is 4.96. The molecule has 1 saturated carbocycles. The molecule has 0 saturated heterocycles. The quantitative estimate of drug-likeness (QED) is 0.930. The molecule has 1 fully saturated rings. The van der Waals surface area contributed by atoms with Crippen LogP contribution in [-0.4, -0.2) is 22.0 Å². The van der Waals surface area contributed by atoms with E-state index in [0.717, 1.165) is 18.4 Å². The lowest BCUT2D eigenvalue weighted by molar-refractivity contribution is 0.0727. The Balaban J connectivity index is 1.87. The highest BCUT2D eigenvalue weighted by Crippen LogP contribution is 2.32. The van der Waals surface area contributed by atoms with E-state index in [1.807, 2.05) is 21.7 Å². The van der Waals surface area contributed by atoms with E-state index in [0.29, 0.717) is 11.6 Å². The Morgan fingerprint density at radius 3 is 2.85 bits per heavy atom. The minimum Gasteiger partial charge on any atom is -0.507 e. The Bertz CT molecular complexity index is 623. The monoisotopic (exact) mass is 307 g/mol. The lowest BCUT2D eigenvalue weighted by atomic mass is 10.1. The molecule has 1 aromatic carbocycles. The molecular formula is C15H14ClNO2S. The number of phenolic OH excluding ortho intramolecular Hbond substituents is 1. The number of rotatable bonds is 4. The molecule has 1 N–H and O–H groups in total. The summed E-state index contributed by atoms with van der Waals surface area (Å²) in [6.45, 7) is 0.582. The predicted molar refractivity (Wildman–Crippen MR) is 80.3 cm³/mol. The number of hydrogen-bond acceptors (Lipinski definition) is 3. The van der Waals surface area contributed by atoms with Crippen LogP contribution in [0.4, 0.5) is 0 Å². The summed E-state index contributed by atoms with van der Waals surface area (Å²) in [6, 6.07) is 6.87. The Hall–Kier alpha value is -1.52. The number of benzene rings is 1. The standard InChI is InChI=1S/C15H14ClNO2S/c16-11-1-4-14(18)13(7-11)15(19)17(12-2-3-12)8-10-5-6-20-9-10/h1,4-7,9,12,18H,2-3,8H2. The topological polar surface area (TPSA) is 40.5 Å². The van der Waals surface area contributed by atoms with Crippen LogP contribution in [0.5, 0.6) is 5.75 Å². The van der Waals surface area contributed by atoms with E-state index in [9.17, 15) is 9.90 Å². The van der Waals surface area contributed by atoms with Crippen LogP contribution in [0, 0.1) is 0 Å². The zero-order chi connectivity index (χ0) is 14.1. The summed E-state index contributed by atoms with van der Waals surface area (Å²) in [7, 11) is 0. The average molecular weight is 308 g/mol. The average Bonchev–Trinajstić information content (AvgIpc) is 3.15. The number of nitrogens with zero attached hydrogens (tertiary/aromatic N) is 1. The minimum atomic E-state index is -0.154. The summed E-state index contributed by atoms with van der Waals surface area (Å²) >= 11 is 7.54. The second-order valence-corrected chi connectivity index (χ2v) is 6.17. The first-order valence-corrected chi connectivity index (χ1v) is 7.78. The maximum Gasteiger partial charge on any atom is 0.258 e. The molecule has 2 aromatic rings. The number of hydrogen-bond donors (Lipinski definition) is 1. The number of aromatic hydroxyl groups is 1. The van der Waals surface area contributed by atoms with E-state index in [1.165, 1.54) is 12.1 Å². The van der Waals surface area contributed by atoms with E-state index in [4.69, 9.17) is 11.6 Å². The van der Waals surface area contributed by atoms with Crippen LogP contribution in [-0.2, 0) is 6.54 Å². The first kappa shape index (κ1) is 13.5. The van der Waals surface area contributed by atoms with Crippen molar-refractivity contribution in [2.45, 2.75) is 25.4 Å². The van der Waals surface area contributed by atoms with Gasteiger partial charge >= 0.3 is 0 Å². The summed E-state index contributed by atoms with van der Waals surface area (Å²) in [5, 5.41) is 14.4. The van der Waals surface area contributed by atoms with E-state index in [1.54, 1.807) is 17.4 Å². The zero-order valence-electron chi connectivity index (χ0n) is 10.8. The van der Waals surface area contributed by atoms with Crippen LogP contribution < -0.4 is 0 Å². The summed E-state index contributed by atoms with van der Waals surface area (Å²) in [5.41, 5.74) is 1.40. The molecule has 0 radical (unpaired) electrons. The van der Waals surface area contributed by atoms with Crippen molar-refractivity contribution in [1.29, 1.82) is 0 Å². The number of carbonyl (C=O) groups excluding carboxylic acids is 1. The molecule has 0 unspecified atom stereocenters. The van der Waals surface area contributed by atoms with Crippen molar-refractivity contribution in [3.05, 3.63) is 51.2 Å². The van der Waals surface area contributed by atoms with Crippen molar-refractivity contribution in [2.24, 2.45) is 0 Å². The Morgan fingerprint density at radius 2 is 2.20 bits per heavy atom. The van der Waals surface area contributed by atoms with Gasteiger partial charge in [-0.2, -0.15) is 11.3 Å². The highest BCUT2D eigenvalue weighted by Gasteiger charge is 2.34. The lowest BCUT2D eigenvalue weighted by Gasteiger charge is -2.22. The number of carbonyl (C=O) groups is 1.